The minimum absolute atomic E-state index is 0.00217. The van der Waals surface area contributed by atoms with Crippen LogP contribution >= 0.6 is 0 Å². The van der Waals surface area contributed by atoms with E-state index in [9.17, 15) is 59.0 Å². The Morgan fingerprint density at radius 1 is 0.607 bits per heavy atom. The van der Waals surface area contributed by atoms with Crippen molar-refractivity contribution in [1.29, 1.82) is 0 Å². The Labute approximate surface area is 315 Å². The largest absolute Gasteiger partial charge is 0.505 e. The molecule has 6 aromatic rings. The van der Waals surface area contributed by atoms with Gasteiger partial charge in [0, 0.05) is 16.8 Å². The van der Waals surface area contributed by atoms with Crippen LogP contribution in [0.1, 0.15) is 10.4 Å². The van der Waals surface area contributed by atoms with Crippen molar-refractivity contribution in [1.82, 2.24) is 15.0 Å². The van der Waals surface area contributed by atoms with Crippen LogP contribution in [-0.4, -0.2) is 75.2 Å². The van der Waals surface area contributed by atoms with E-state index in [4.69, 9.17) is 0 Å². The molecule has 24 heteroatoms. The van der Waals surface area contributed by atoms with Gasteiger partial charge in [-0.3, -0.25) is 13.7 Å². The van der Waals surface area contributed by atoms with Crippen molar-refractivity contribution in [2.45, 2.75) is 14.7 Å². The number of aromatic hydroxyl groups is 2. The van der Waals surface area contributed by atoms with Crippen LogP contribution in [0.5, 0.6) is 11.8 Å². The molecule has 56 heavy (non-hydrogen) atoms. The van der Waals surface area contributed by atoms with Gasteiger partial charge in [0.2, 0.25) is 11.9 Å². The van der Waals surface area contributed by atoms with Crippen LogP contribution in [0.15, 0.2) is 116 Å². The number of para-hydroxylation sites is 1. The lowest BCUT2D eigenvalue weighted by molar-refractivity contribution is 0.0697. The third kappa shape index (κ3) is 8.59. The van der Waals surface area contributed by atoms with Gasteiger partial charge in [0.1, 0.15) is 21.2 Å². The molecule has 0 saturated heterocycles. The molecule has 0 unspecified atom stereocenters. The number of anilines is 6. The van der Waals surface area contributed by atoms with Gasteiger partial charge < -0.3 is 31.3 Å². The van der Waals surface area contributed by atoms with Crippen molar-refractivity contribution < 1.29 is 59.0 Å². The summed E-state index contributed by atoms with van der Waals surface area (Å²) in [6.45, 7) is 0. The molecule has 0 amide bonds. The van der Waals surface area contributed by atoms with Gasteiger partial charge in [-0.05, 0) is 66.0 Å². The quantitative estimate of drug-likeness (QED) is 0.0541. The molecule has 0 fully saturated rings. The number of carboxylic acids is 1. The fourth-order valence-electron chi connectivity index (χ4n) is 5.17. The third-order valence-electron chi connectivity index (χ3n) is 7.53. The zero-order chi connectivity index (χ0) is 40.6. The number of fused-ring (bicyclic) bond motifs is 1. The lowest BCUT2D eigenvalue weighted by Crippen LogP contribution is -2.07. The highest BCUT2D eigenvalue weighted by Gasteiger charge is 2.26. The van der Waals surface area contributed by atoms with E-state index in [0.717, 1.165) is 18.2 Å². The van der Waals surface area contributed by atoms with Crippen molar-refractivity contribution in [2.75, 3.05) is 16.0 Å². The van der Waals surface area contributed by atoms with Gasteiger partial charge in [-0.15, -0.1) is 10.2 Å². The molecule has 1 aromatic heterocycles. The highest BCUT2D eigenvalue weighted by atomic mass is 32.2. The molecular formula is C32H24N8O13S3. The van der Waals surface area contributed by atoms with Crippen molar-refractivity contribution >= 4 is 93.1 Å². The Morgan fingerprint density at radius 2 is 1.25 bits per heavy atom. The molecule has 0 bridgehead atoms. The first-order valence-corrected chi connectivity index (χ1v) is 19.6. The molecule has 0 aliphatic rings. The van der Waals surface area contributed by atoms with Gasteiger partial charge in [-0.1, -0.05) is 30.3 Å². The fraction of sp³-hybridized carbons (Fsp3) is 0. The molecule has 0 spiro atoms. The van der Waals surface area contributed by atoms with Crippen LogP contribution in [0.3, 0.4) is 0 Å². The summed E-state index contributed by atoms with van der Waals surface area (Å²) in [5.74, 6) is -3.52. The molecule has 5 aromatic carbocycles. The maximum absolute atomic E-state index is 12.4. The number of phenolic OH excluding ortho intramolecular Hbond substituents is 1. The first-order chi connectivity index (χ1) is 26.3. The maximum Gasteiger partial charge on any atom is 0.337 e. The Hall–Kier alpha value is -6.83. The maximum atomic E-state index is 12.4. The molecule has 288 valence electrons. The summed E-state index contributed by atoms with van der Waals surface area (Å²) >= 11 is 0. The van der Waals surface area contributed by atoms with Crippen LogP contribution in [0.2, 0.25) is 0 Å². The number of benzene rings is 5. The Morgan fingerprint density at radius 3 is 1.89 bits per heavy atom. The predicted octanol–water partition coefficient (Wildman–Crippen LogP) is 5.52. The van der Waals surface area contributed by atoms with Crippen LogP contribution in [0.25, 0.3) is 10.8 Å². The van der Waals surface area contributed by atoms with Gasteiger partial charge in [0.05, 0.1) is 21.8 Å². The van der Waals surface area contributed by atoms with Crippen molar-refractivity contribution in [3.8, 4) is 11.8 Å². The number of hydrogen-bond acceptors (Lipinski definition) is 17. The van der Waals surface area contributed by atoms with Crippen molar-refractivity contribution in [3.63, 3.8) is 0 Å². The second-order valence-corrected chi connectivity index (χ2v) is 15.5. The van der Waals surface area contributed by atoms with Crippen molar-refractivity contribution in [3.05, 3.63) is 96.6 Å². The average Bonchev–Trinajstić information content (AvgIpc) is 3.10. The monoisotopic (exact) mass is 824 g/mol. The topological polar surface area (TPSA) is 340 Å². The number of carbonyl (C=O) groups is 1. The Balaban J connectivity index is 1.45. The highest BCUT2D eigenvalue weighted by molar-refractivity contribution is 7.86. The number of nitrogens with one attached hydrogen (secondary N) is 3. The minimum atomic E-state index is -5.26. The molecule has 0 saturated carbocycles. The molecule has 6 rings (SSSR count). The Kier molecular flexibility index (Phi) is 10.3. The number of phenols is 1. The molecular weight excluding hydrogens is 801 g/mol. The minimum Gasteiger partial charge on any atom is -0.505 e. The number of aromatic nitrogens is 3. The smallest absolute Gasteiger partial charge is 0.337 e. The van der Waals surface area contributed by atoms with Gasteiger partial charge in [0.25, 0.3) is 30.4 Å². The van der Waals surface area contributed by atoms with Gasteiger partial charge >= 0.3 is 12.0 Å². The van der Waals surface area contributed by atoms with Gasteiger partial charge in [0.15, 0.2) is 5.75 Å². The summed E-state index contributed by atoms with van der Waals surface area (Å²) in [6, 6.07) is 18.5. The number of aromatic carboxylic acids is 1. The van der Waals surface area contributed by atoms with Crippen LogP contribution < -0.4 is 16.0 Å². The van der Waals surface area contributed by atoms with E-state index < -0.39 is 96.8 Å². The molecule has 0 atom stereocenters. The van der Waals surface area contributed by atoms with E-state index in [-0.39, 0.29) is 22.6 Å². The molecule has 9 N–H and O–H groups in total. The zero-order valence-corrected chi connectivity index (χ0v) is 30.1. The van der Waals surface area contributed by atoms with E-state index >= 15 is 0 Å². The third-order valence-corrected chi connectivity index (χ3v) is 10.1. The summed E-state index contributed by atoms with van der Waals surface area (Å²) in [6.07, 6.45) is 0. The Bertz CT molecular complexity index is 2930. The number of rotatable bonds is 12. The lowest BCUT2D eigenvalue weighted by Gasteiger charge is -2.15. The summed E-state index contributed by atoms with van der Waals surface area (Å²) in [5.41, 5.74) is -1.58. The summed E-state index contributed by atoms with van der Waals surface area (Å²) in [4.78, 5) is 20.6. The zero-order valence-electron chi connectivity index (χ0n) is 27.7. The fourth-order valence-corrected chi connectivity index (χ4v) is 7.04. The van der Waals surface area contributed by atoms with Gasteiger partial charge in [-0.25, -0.2) is 4.79 Å². The second-order valence-electron chi connectivity index (χ2n) is 11.3. The average molecular weight is 825 g/mol. The van der Waals surface area contributed by atoms with E-state index in [1.165, 1.54) is 36.4 Å². The van der Waals surface area contributed by atoms with E-state index in [0.29, 0.717) is 11.8 Å². The lowest BCUT2D eigenvalue weighted by atomic mass is 10.1. The summed E-state index contributed by atoms with van der Waals surface area (Å²) in [5, 5.41) is 45.9. The molecule has 21 nitrogen and oxygen atoms in total. The normalized spacial score (nSPS) is 12.1. The van der Waals surface area contributed by atoms with Crippen molar-refractivity contribution in [2.24, 2.45) is 10.2 Å². The van der Waals surface area contributed by atoms with Crippen LogP contribution in [0, 0.1) is 0 Å². The molecule has 0 radical (unpaired) electrons. The number of hydrogen-bond donors (Lipinski definition) is 9. The molecule has 1 heterocycles. The number of nitrogens with zero attached hydrogens (tertiary/aromatic N) is 5. The SMILES string of the molecule is O=C(O)c1ccccc1N=Nc1c(S(=O)(=O)O)cc2cc(S(=O)(=O)O)cc(Nc3nc(O)nc(Nc4ccc(Nc5ccccc5)c(S(=O)(=O)O)c4)n3)c2c1O. The molecule has 0 aliphatic heterocycles. The van der Waals surface area contributed by atoms with Crippen LogP contribution in [-0.2, 0) is 30.4 Å². The number of carboxylic acid groups (broad SMARTS) is 1. The predicted molar refractivity (Wildman–Crippen MR) is 197 cm³/mol. The first kappa shape index (κ1) is 38.9. The van der Waals surface area contributed by atoms with E-state index in [1.807, 2.05) is 0 Å². The van der Waals surface area contributed by atoms with Crippen LogP contribution in [0.4, 0.5) is 46.0 Å². The summed E-state index contributed by atoms with van der Waals surface area (Å²) in [7, 11) is -15.1. The summed E-state index contributed by atoms with van der Waals surface area (Å²) < 4.78 is 104. The van der Waals surface area contributed by atoms with E-state index in [2.05, 4.69) is 41.1 Å². The highest BCUT2D eigenvalue weighted by Crippen LogP contribution is 2.46. The first-order valence-electron chi connectivity index (χ1n) is 15.2. The second kappa shape index (κ2) is 14.8. The molecule has 0 aliphatic carbocycles. The number of azo groups is 1. The van der Waals surface area contributed by atoms with E-state index in [1.54, 1.807) is 30.3 Å². The standard InChI is InChI=1S/C32H24N8O13S3/c41-28-26-16(13-25(56(51,52)53)27(28)40-39-21-9-5-4-8-20(21)29(42)43)12-19(54(45,46)47)15-23(26)35-31-36-30(37-32(44)38-31)34-18-10-11-22(24(14-18)55(48,49)50)33-17-6-2-1-3-7-17/h1-15,33,41H,(H,42,43)(H,45,46,47)(H,48,49,50)(H,51,52,53)(H3,34,35,36,37,38,44). The van der Waals surface area contributed by atoms with Gasteiger partial charge in [-0.2, -0.15) is 40.2 Å².